The second-order valence-electron chi connectivity index (χ2n) is 5.13. The molecule has 0 aromatic heterocycles. The van der Waals surface area contributed by atoms with E-state index in [-0.39, 0.29) is 29.5 Å². The zero-order valence-electron chi connectivity index (χ0n) is 14.1. The Balaban J connectivity index is 3.24. The van der Waals surface area contributed by atoms with Crippen molar-refractivity contribution in [2.75, 3.05) is 20.2 Å². The molecule has 0 aliphatic rings. The molecule has 1 aromatic carbocycles. The molecule has 0 aliphatic carbocycles. The molecule has 1 atom stereocenters. The molecule has 0 bridgehead atoms. The van der Waals surface area contributed by atoms with Gasteiger partial charge in [0, 0.05) is 20.0 Å². The lowest BCUT2D eigenvalue weighted by molar-refractivity contribution is -0.140. The number of carboxylic acid groups (broad SMARTS) is 1. The minimum absolute atomic E-state index is 0.0216. The number of methoxy groups -OCH3 is 1. The van der Waals surface area contributed by atoms with Crippen LogP contribution < -0.4 is 5.32 Å². The number of ether oxygens (including phenoxy) is 1. The fourth-order valence-electron chi connectivity index (χ4n) is 2.02. The molecule has 1 aromatic rings. The van der Waals surface area contributed by atoms with Gasteiger partial charge in [-0.1, -0.05) is 6.07 Å². The van der Waals surface area contributed by atoms with E-state index < -0.39 is 28.0 Å². The van der Waals surface area contributed by atoms with Gasteiger partial charge in [0.15, 0.2) is 0 Å². The maximum atomic E-state index is 12.8. The number of aliphatic carboxylic acids is 1. The van der Waals surface area contributed by atoms with Gasteiger partial charge in [-0.2, -0.15) is 4.31 Å². The average molecular weight is 372 g/mol. The first-order chi connectivity index (χ1) is 11.6. The molecule has 1 unspecified atom stereocenters. The van der Waals surface area contributed by atoms with Crippen molar-refractivity contribution in [2.24, 2.45) is 0 Å². The quantitative estimate of drug-likeness (QED) is 0.618. The standard InChI is InChI=1S/C15H20N2O7S/c1-10(14(19)20)17(8-7-16-11(2)18)25(22,23)13-6-4-5-12(9-13)15(21)24-3/h4-6,9-10H,7-8H2,1-3H3,(H,16,18)(H,19,20). The number of benzene rings is 1. The number of carboxylic acids is 1. The van der Waals surface area contributed by atoms with Crippen LogP contribution in [0.25, 0.3) is 0 Å². The molecular weight excluding hydrogens is 352 g/mol. The highest BCUT2D eigenvalue weighted by Crippen LogP contribution is 2.20. The van der Waals surface area contributed by atoms with Crippen LogP contribution in [0, 0.1) is 0 Å². The van der Waals surface area contributed by atoms with E-state index in [2.05, 4.69) is 10.1 Å². The van der Waals surface area contributed by atoms with Gasteiger partial charge in [0.25, 0.3) is 0 Å². The highest BCUT2D eigenvalue weighted by Gasteiger charge is 2.33. The number of nitrogens with zero attached hydrogens (tertiary/aromatic N) is 1. The summed E-state index contributed by atoms with van der Waals surface area (Å²) in [6.45, 7) is 2.19. The van der Waals surface area contributed by atoms with Gasteiger partial charge in [0.1, 0.15) is 6.04 Å². The Kier molecular flexibility index (Phi) is 7.07. The minimum Gasteiger partial charge on any atom is -0.480 e. The normalized spacial score (nSPS) is 12.5. The first-order valence-electron chi connectivity index (χ1n) is 7.28. The largest absolute Gasteiger partial charge is 0.480 e. The van der Waals surface area contributed by atoms with Crippen molar-refractivity contribution >= 4 is 27.9 Å². The van der Waals surface area contributed by atoms with Crippen LogP contribution >= 0.6 is 0 Å². The summed E-state index contributed by atoms with van der Waals surface area (Å²) >= 11 is 0. The number of hydrogen-bond donors (Lipinski definition) is 2. The van der Waals surface area contributed by atoms with E-state index in [9.17, 15) is 27.9 Å². The van der Waals surface area contributed by atoms with E-state index in [1.54, 1.807) is 0 Å². The summed E-state index contributed by atoms with van der Waals surface area (Å²) in [5.74, 6) is -2.42. The molecule has 10 heteroatoms. The van der Waals surface area contributed by atoms with E-state index in [1.165, 1.54) is 32.0 Å². The first-order valence-corrected chi connectivity index (χ1v) is 8.72. The van der Waals surface area contributed by atoms with Crippen LogP contribution in [0.5, 0.6) is 0 Å². The number of nitrogens with one attached hydrogen (secondary N) is 1. The van der Waals surface area contributed by atoms with E-state index in [4.69, 9.17) is 0 Å². The zero-order valence-corrected chi connectivity index (χ0v) is 14.9. The summed E-state index contributed by atoms with van der Waals surface area (Å²) in [6, 6.07) is 3.74. The van der Waals surface area contributed by atoms with Gasteiger partial charge < -0.3 is 15.2 Å². The second-order valence-corrected chi connectivity index (χ2v) is 7.02. The topological polar surface area (TPSA) is 130 Å². The summed E-state index contributed by atoms with van der Waals surface area (Å²) in [5, 5.41) is 11.6. The van der Waals surface area contributed by atoms with Crippen molar-refractivity contribution in [3.05, 3.63) is 29.8 Å². The Morgan fingerprint density at radius 3 is 2.48 bits per heavy atom. The lowest BCUT2D eigenvalue weighted by Gasteiger charge is -2.26. The number of esters is 1. The zero-order chi connectivity index (χ0) is 19.2. The predicted octanol–water partition coefficient (Wildman–Crippen LogP) is 0.0731. The van der Waals surface area contributed by atoms with Crippen molar-refractivity contribution < 1.29 is 32.6 Å². The van der Waals surface area contributed by atoms with Crippen LogP contribution in [0.4, 0.5) is 0 Å². The van der Waals surface area contributed by atoms with Gasteiger partial charge in [-0.15, -0.1) is 0 Å². The number of carbonyl (C=O) groups is 3. The molecule has 0 saturated heterocycles. The molecular formula is C15H20N2O7S. The van der Waals surface area contributed by atoms with Gasteiger partial charge in [-0.05, 0) is 25.1 Å². The molecule has 2 N–H and O–H groups in total. The van der Waals surface area contributed by atoms with Crippen molar-refractivity contribution in [2.45, 2.75) is 24.8 Å². The van der Waals surface area contributed by atoms with Crippen LogP contribution in [0.3, 0.4) is 0 Å². The van der Waals surface area contributed by atoms with Crippen molar-refractivity contribution in [3.63, 3.8) is 0 Å². The lowest BCUT2D eigenvalue weighted by Crippen LogP contribution is -2.46. The van der Waals surface area contributed by atoms with E-state index >= 15 is 0 Å². The Hall–Kier alpha value is -2.46. The molecule has 0 saturated carbocycles. The van der Waals surface area contributed by atoms with Gasteiger partial charge in [-0.25, -0.2) is 13.2 Å². The number of amides is 1. The second kappa shape index (κ2) is 8.58. The van der Waals surface area contributed by atoms with Gasteiger partial charge in [-0.3, -0.25) is 9.59 Å². The number of carbonyl (C=O) groups excluding carboxylic acids is 2. The Morgan fingerprint density at radius 1 is 1.32 bits per heavy atom. The Bertz CT molecular complexity index is 761. The lowest BCUT2D eigenvalue weighted by atomic mass is 10.2. The molecule has 9 nitrogen and oxygen atoms in total. The molecule has 0 aliphatic heterocycles. The maximum absolute atomic E-state index is 12.8. The van der Waals surface area contributed by atoms with Crippen LogP contribution in [0.1, 0.15) is 24.2 Å². The molecule has 0 spiro atoms. The number of hydrogen-bond acceptors (Lipinski definition) is 6. The fourth-order valence-corrected chi connectivity index (χ4v) is 3.66. The third-order valence-electron chi connectivity index (χ3n) is 3.36. The van der Waals surface area contributed by atoms with Crippen molar-refractivity contribution in [3.8, 4) is 0 Å². The van der Waals surface area contributed by atoms with E-state index in [0.717, 1.165) is 17.5 Å². The highest BCUT2D eigenvalue weighted by molar-refractivity contribution is 7.89. The summed E-state index contributed by atoms with van der Waals surface area (Å²) < 4.78 is 30.9. The predicted molar refractivity (Wildman–Crippen MR) is 87.5 cm³/mol. The van der Waals surface area contributed by atoms with Crippen molar-refractivity contribution in [1.29, 1.82) is 0 Å². The Morgan fingerprint density at radius 2 is 1.96 bits per heavy atom. The van der Waals surface area contributed by atoms with Gasteiger partial charge >= 0.3 is 11.9 Å². The smallest absolute Gasteiger partial charge is 0.337 e. The van der Waals surface area contributed by atoms with Gasteiger partial charge in [0.05, 0.1) is 17.6 Å². The first kappa shape index (κ1) is 20.6. The highest BCUT2D eigenvalue weighted by atomic mass is 32.2. The minimum atomic E-state index is -4.21. The molecule has 25 heavy (non-hydrogen) atoms. The third-order valence-corrected chi connectivity index (χ3v) is 5.32. The molecule has 0 fully saturated rings. The van der Waals surface area contributed by atoms with Crippen LogP contribution in [0.2, 0.25) is 0 Å². The average Bonchev–Trinajstić information content (AvgIpc) is 2.57. The SMILES string of the molecule is COC(=O)c1cccc(S(=O)(=O)N(CCNC(C)=O)C(C)C(=O)O)c1. The summed E-state index contributed by atoms with van der Waals surface area (Å²) in [5.41, 5.74) is 0.0216. The summed E-state index contributed by atoms with van der Waals surface area (Å²) in [7, 11) is -3.05. The monoisotopic (exact) mass is 372 g/mol. The van der Waals surface area contributed by atoms with E-state index in [1.807, 2.05) is 0 Å². The maximum Gasteiger partial charge on any atom is 0.337 e. The van der Waals surface area contributed by atoms with Crippen LogP contribution in [-0.2, 0) is 24.3 Å². The summed E-state index contributed by atoms with van der Waals surface area (Å²) in [4.78, 5) is 33.6. The molecule has 0 radical (unpaired) electrons. The number of sulfonamides is 1. The number of rotatable bonds is 8. The fraction of sp³-hybridized carbons (Fsp3) is 0.400. The van der Waals surface area contributed by atoms with Gasteiger partial charge in [0.2, 0.25) is 15.9 Å². The van der Waals surface area contributed by atoms with Crippen molar-refractivity contribution in [1.82, 2.24) is 9.62 Å². The molecule has 0 heterocycles. The molecule has 1 rings (SSSR count). The third kappa shape index (κ3) is 5.26. The van der Waals surface area contributed by atoms with Crippen LogP contribution in [-0.4, -0.2) is 61.9 Å². The Labute approximate surface area is 145 Å². The molecule has 138 valence electrons. The van der Waals surface area contributed by atoms with E-state index in [0.29, 0.717) is 0 Å². The van der Waals surface area contributed by atoms with Crippen LogP contribution in [0.15, 0.2) is 29.2 Å². The summed E-state index contributed by atoms with van der Waals surface area (Å²) in [6.07, 6.45) is 0. The molecule has 1 amide bonds.